The number of carbonyl (C=O) groups is 1. The van der Waals surface area contributed by atoms with E-state index in [9.17, 15) is 26.7 Å². The average molecular weight is 529 g/mol. The normalized spacial score (nSPS) is 24.2. The number of rotatable bonds is 5. The third-order valence-corrected chi connectivity index (χ3v) is 6.19. The lowest BCUT2D eigenvalue weighted by Gasteiger charge is -2.29. The van der Waals surface area contributed by atoms with Gasteiger partial charge in [-0.15, -0.1) is 0 Å². The Balaban J connectivity index is 1.60. The highest BCUT2D eigenvalue weighted by atomic mass is 35.5. The second-order valence-electron chi connectivity index (χ2n) is 7.55. The second-order valence-corrected chi connectivity index (χ2v) is 8.77. The molecule has 2 aliphatic rings. The first-order valence-corrected chi connectivity index (χ1v) is 10.5. The monoisotopic (exact) mass is 527 g/mol. The molecule has 1 fully saturated rings. The Labute approximate surface area is 198 Å². The highest BCUT2D eigenvalue weighted by molar-refractivity contribution is 6.35. The summed E-state index contributed by atoms with van der Waals surface area (Å²) in [5, 5.41) is 2.55. The number of hydrogen-bond acceptors (Lipinski definition) is 4. The molecule has 2 aromatic carbocycles. The summed E-state index contributed by atoms with van der Waals surface area (Å²) in [6.45, 7) is 0. The van der Waals surface area contributed by atoms with E-state index in [-0.39, 0.29) is 28.4 Å². The summed E-state index contributed by atoms with van der Waals surface area (Å²) < 4.78 is 69.2. The lowest BCUT2D eigenvalue weighted by molar-refractivity contribution is -0.275. The van der Waals surface area contributed by atoms with Crippen molar-refractivity contribution in [3.63, 3.8) is 0 Å². The molecule has 13 heteroatoms. The third kappa shape index (κ3) is 4.43. The SMILES string of the molecule is O=C(NNc1cc(C2=NOC(c3cc(Cl)c(F)c(Cl)c3)(C(F)(F)F)C2)ccc1Cl)C1CC1F. The summed E-state index contributed by atoms with van der Waals surface area (Å²) in [6.07, 6.45) is -6.82. The molecule has 3 unspecified atom stereocenters. The predicted molar refractivity (Wildman–Crippen MR) is 113 cm³/mol. The van der Waals surface area contributed by atoms with Gasteiger partial charge in [-0.1, -0.05) is 46.0 Å². The van der Waals surface area contributed by atoms with Crippen LogP contribution in [0.25, 0.3) is 0 Å². The lowest BCUT2D eigenvalue weighted by atomic mass is 9.86. The van der Waals surface area contributed by atoms with E-state index in [1.807, 2.05) is 0 Å². The van der Waals surface area contributed by atoms with E-state index in [1.54, 1.807) is 0 Å². The Kier molecular flexibility index (Phi) is 6.13. The van der Waals surface area contributed by atoms with Crippen molar-refractivity contribution in [3.8, 4) is 0 Å². The van der Waals surface area contributed by atoms with Crippen molar-refractivity contribution >= 4 is 52.1 Å². The number of nitrogens with zero attached hydrogens (tertiary/aromatic N) is 1. The molecule has 0 bridgehead atoms. The Morgan fingerprint density at radius 1 is 1.12 bits per heavy atom. The van der Waals surface area contributed by atoms with E-state index >= 15 is 0 Å². The minimum atomic E-state index is -4.96. The average Bonchev–Trinajstić information content (AvgIpc) is 3.29. The molecule has 1 aliphatic heterocycles. The first-order valence-electron chi connectivity index (χ1n) is 9.39. The molecule has 4 rings (SSSR count). The molecule has 5 nitrogen and oxygen atoms in total. The van der Waals surface area contributed by atoms with E-state index in [0.717, 1.165) is 12.1 Å². The first kappa shape index (κ1) is 23.8. The van der Waals surface area contributed by atoms with Crippen LogP contribution in [0.4, 0.5) is 27.6 Å². The molecule has 3 atom stereocenters. The number of amides is 1. The van der Waals surface area contributed by atoms with Crippen LogP contribution >= 0.6 is 34.8 Å². The second kappa shape index (κ2) is 8.48. The van der Waals surface area contributed by atoms with Crippen LogP contribution in [0, 0.1) is 11.7 Å². The number of benzene rings is 2. The van der Waals surface area contributed by atoms with Crippen molar-refractivity contribution in [1.29, 1.82) is 0 Å². The van der Waals surface area contributed by atoms with Crippen molar-refractivity contribution in [2.45, 2.75) is 30.8 Å². The van der Waals surface area contributed by atoms with Crippen molar-refractivity contribution in [2.75, 3.05) is 5.43 Å². The fraction of sp³-hybridized carbons (Fsp3) is 0.300. The highest BCUT2D eigenvalue weighted by Crippen LogP contribution is 2.50. The maximum Gasteiger partial charge on any atom is 0.435 e. The topological polar surface area (TPSA) is 62.7 Å². The number of anilines is 1. The number of oxime groups is 1. The lowest BCUT2D eigenvalue weighted by Crippen LogP contribution is -2.42. The van der Waals surface area contributed by atoms with Crippen LogP contribution in [0.2, 0.25) is 15.1 Å². The molecule has 0 radical (unpaired) electrons. The summed E-state index contributed by atoms with van der Waals surface area (Å²) in [5.74, 6) is -2.39. The van der Waals surface area contributed by atoms with Crippen LogP contribution in [-0.2, 0) is 15.2 Å². The van der Waals surface area contributed by atoms with Crippen molar-refractivity contribution in [2.24, 2.45) is 11.1 Å². The van der Waals surface area contributed by atoms with Gasteiger partial charge in [0, 0.05) is 17.5 Å². The molecule has 0 spiro atoms. The molecule has 1 aliphatic carbocycles. The Morgan fingerprint density at radius 2 is 1.76 bits per heavy atom. The molecule has 2 N–H and O–H groups in total. The van der Waals surface area contributed by atoms with Crippen molar-refractivity contribution in [1.82, 2.24) is 5.43 Å². The smallest absolute Gasteiger partial charge is 0.374 e. The number of hydrazine groups is 1. The summed E-state index contributed by atoms with van der Waals surface area (Å²) >= 11 is 17.5. The number of alkyl halides is 4. The summed E-state index contributed by atoms with van der Waals surface area (Å²) in [5.41, 5.74) is 1.62. The van der Waals surface area contributed by atoms with Crippen molar-refractivity contribution in [3.05, 3.63) is 62.3 Å². The molecule has 176 valence electrons. The van der Waals surface area contributed by atoms with Crippen LogP contribution in [0.5, 0.6) is 0 Å². The van der Waals surface area contributed by atoms with Gasteiger partial charge in [-0.05, 0) is 30.7 Å². The van der Waals surface area contributed by atoms with Gasteiger partial charge in [0.15, 0.2) is 5.82 Å². The van der Waals surface area contributed by atoms with E-state index in [0.29, 0.717) is 0 Å². The van der Waals surface area contributed by atoms with Gasteiger partial charge in [0.1, 0.15) is 6.17 Å². The molecule has 0 aromatic heterocycles. The predicted octanol–water partition coefficient (Wildman–Crippen LogP) is 6.17. The standard InChI is InChI=1S/C20H13Cl3F5N3O2/c21-11-2-1-8(3-15(11)29-30-18(32)10-6-14(10)24)16-7-19(33-31-16,20(26,27)28)9-4-12(22)17(25)13(23)5-9/h1-5,10,14,29H,6-7H2,(H,30,32). The third-order valence-electron chi connectivity index (χ3n) is 5.31. The molecule has 0 saturated heterocycles. The summed E-state index contributed by atoms with van der Waals surface area (Å²) in [7, 11) is 0. The first-order chi connectivity index (χ1) is 15.4. The maximum atomic E-state index is 14.1. The minimum Gasteiger partial charge on any atom is -0.374 e. The fourth-order valence-electron chi connectivity index (χ4n) is 3.30. The van der Waals surface area contributed by atoms with Gasteiger partial charge < -0.3 is 4.84 Å². The van der Waals surface area contributed by atoms with Crippen LogP contribution in [0.3, 0.4) is 0 Å². The van der Waals surface area contributed by atoms with Gasteiger partial charge in [-0.25, -0.2) is 8.78 Å². The van der Waals surface area contributed by atoms with Gasteiger partial charge >= 0.3 is 6.18 Å². The molecule has 33 heavy (non-hydrogen) atoms. The van der Waals surface area contributed by atoms with Gasteiger partial charge in [-0.3, -0.25) is 15.6 Å². The van der Waals surface area contributed by atoms with Gasteiger partial charge in [0.25, 0.3) is 5.60 Å². The molecule has 1 heterocycles. The van der Waals surface area contributed by atoms with Crippen LogP contribution in [0.15, 0.2) is 35.5 Å². The van der Waals surface area contributed by atoms with E-state index in [1.165, 1.54) is 18.2 Å². The van der Waals surface area contributed by atoms with Gasteiger partial charge in [0.2, 0.25) is 5.91 Å². The number of hydrogen-bond donors (Lipinski definition) is 2. The van der Waals surface area contributed by atoms with Gasteiger partial charge in [0.05, 0.1) is 32.4 Å². The van der Waals surface area contributed by atoms with Crippen LogP contribution < -0.4 is 10.9 Å². The van der Waals surface area contributed by atoms with E-state index in [2.05, 4.69) is 16.0 Å². The molecule has 1 amide bonds. The molecular formula is C20H13Cl3F5N3O2. The Bertz CT molecular complexity index is 1140. The molecule has 2 aromatic rings. The minimum absolute atomic E-state index is 0.0963. The van der Waals surface area contributed by atoms with Crippen molar-refractivity contribution < 1.29 is 31.6 Å². The van der Waals surface area contributed by atoms with Crippen LogP contribution in [-0.4, -0.2) is 24.0 Å². The fourth-order valence-corrected chi connectivity index (χ4v) is 3.96. The van der Waals surface area contributed by atoms with E-state index < -0.39 is 57.6 Å². The zero-order valence-electron chi connectivity index (χ0n) is 16.2. The molecule has 1 saturated carbocycles. The Hall–Kier alpha value is -2.30. The number of nitrogens with one attached hydrogen (secondary N) is 2. The molecular weight excluding hydrogens is 516 g/mol. The summed E-state index contributed by atoms with van der Waals surface area (Å²) in [6, 6.07) is 5.71. The zero-order valence-corrected chi connectivity index (χ0v) is 18.5. The highest BCUT2D eigenvalue weighted by Gasteiger charge is 2.62. The quantitative estimate of drug-likeness (QED) is 0.277. The summed E-state index contributed by atoms with van der Waals surface area (Å²) in [4.78, 5) is 16.7. The van der Waals surface area contributed by atoms with Gasteiger partial charge in [-0.2, -0.15) is 13.2 Å². The van der Waals surface area contributed by atoms with Crippen LogP contribution in [0.1, 0.15) is 24.0 Å². The van der Waals surface area contributed by atoms with E-state index in [4.69, 9.17) is 39.6 Å². The number of halogens is 8. The zero-order chi connectivity index (χ0) is 24.1. The largest absolute Gasteiger partial charge is 0.435 e. The Morgan fingerprint density at radius 3 is 2.33 bits per heavy atom. The number of carbonyl (C=O) groups excluding carboxylic acids is 1. The maximum absolute atomic E-state index is 14.1.